The van der Waals surface area contributed by atoms with E-state index in [1.54, 1.807) is 0 Å². The van der Waals surface area contributed by atoms with Gasteiger partial charge in [-0.05, 0) is 89.7 Å². The van der Waals surface area contributed by atoms with Crippen molar-refractivity contribution in [3.05, 3.63) is 144 Å². The molecular weight excluding hydrogens is 585 g/mol. The van der Waals surface area contributed by atoms with Crippen molar-refractivity contribution in [3.63, 3.8) is 0 Å². The summed E-state index contributed by atoms with van der Waals surface area (Å²) in [6, 6.07) is 43.5. The largest absolute Gasteiger partial charge is 0.328 e. The number of benzene rings is 4. The average molecular weight is 645 g/mol. The van der Waals surface area contributed by atoms with Crippen molar-refractivity contribution >= 4 is 0 Å². The molecule has 0 aliphatic rings. The lowest BCUT2D eigenvalue weighted by molar-refractivity contribution is 0.287. The summed E-state index contributed by atoms with van der Waals surface area (Å²) in [5.41, 5.74) is 11.1. The Morgan fingerprint density at radius 1 is 0.583 bits per heavy atom. The summed E-state index contributed by atoms with van der Waals surface area (Å²) in [6.07, 6.45) is 14.6. The van der Waals surface area contributed by atoms with Crippen molar-refractivity contribution in [2.24, 2.45) is 5.73 Å². The smallest absolute Gasteiger partial charge is 0.0598 e. The normalized spacial score (nSPS) is 12.5. The first-order valence-electron chi connectivity index (χ1n) is 17.1. The average Bonchev–Trinajstić information content (AvgIpc) is 3.10. The molecule has 4 N–H and O–H groups in total. The second-order valence-corrected chi connectivity index (χ2v) is 12.4. The van der Waals surface area contributed by atoms with Crippen LogP contribution in [0.2, 0.25) is 0 Å². The van der Waals surface area contributed by atoms with Crippen LogP contribution in [-0.4, -0.2) is 56.3 Å². The zero-order chi connectivity index (χ0) is 35.4. The number of nitrogens with two attached hydrogens (primary N) is 1. The van der Waals surface area contributed by atoms with Crippen LogP contribution in [0.3, 0.4) is 0 Å². The quantitative estimate of drug-likeness (QED) is 0.133. The van der Waals surface area contributed by atoms with Gasteiger partial charge in [0.15, 0.2) is 0 Å². The molecule has 4 rings (SSSR count). The van der Waals surface area contributed by atoms with Crippen LogP contribution in [0.25, 0.3) is 0 Å². The Morgan fingerprint density at radius 3 is 1.31 bits per heavy atom. The lowest BCUT2D eigenvalue weighted by atomic mass is 10.1. The van der Waals surface area contributed by atoms with Gasteiger partial charge < -0.3 is 16.4 Å². The lowest BCUT2D eigenvalue weighted by Crippen LogP contribution is -2.31. The summed E-state index contributed by atoms with van der Waals surface area (Å²) in [4.78, 5) is 2.19. The predicted octanol–water partition coefficient (Wildman–Crippen LogP) is 7.44. The summed E-state index contributed by atoms with van der Waals surface area (Å²) in [5.74, 6) is 5.23. The molecule has 48 heavy (non-hydrogen) atoms. The second kappa shape index (κ2) is 26.9. The molecule has 0 aromatic heterocycles. The summed E-state index contributed by atoms with van der Waals surface area (Å²) < 4.78 is 0. The molecule has 0 saturated carbocycles. The number of nitrogens with zero attached hydrogens (tertiary/aromatic N) is 1. The summed E-state index contributed by atoms with van der Waals surface area (Å²) in [7, 11) is 4.06. The van der Waals surface area contributed by atoms with Gasteiger partial charge in [0.05, 0.1) is 13.1 Å². The highest BCUT2D eigenvalue weighted by molar-refractivity contribution is 5.18. The second-order valence-electron chi connectivity index (χ2n) is 12.4. The highest BCUT2D eigenvalue weighted by Gasteiger charge is 2.08. The third-order valence-electron chi connectivity index (χ3n) is 7.68. The summed E-state index contributed by atoms with van der Waals surface area (Å²) >= 11 is 0. The Balaban J connectivity index is 0.000000322. The first-order valence-corrected chi connectivity index (χ1v) is 17.1. The van der Waals surface area contributed by atoms with E-state index in [1.165, 1.54) is 22.3 Å². The van der Waals surface area contributed by atoms with Crippen LogP contribution in [-0.2, 0) is 25.7 Å². The molecule has 4 unspecified atom stereocenters. The molecule has 0 amide bonds. The maximum absolute atomic E-state index is 5.62. The number of hydrogen-bond donors (Lipinski definition) is 3. The predicted molar refractivity (Wildman–Crippen MR) is 210 cm³/mol. The van der Waals surface area contributed by atoms with Crippen LogP contribution in [0.5, 0.6) is 0 Å². The van der Waals surface area contributed by atoms with Crippen molar-refractivity contribution < 1.29 is 0 Å². The Morgan fingerprint density at radius 2 is 0.958 bits per heavy atom. The fraction of sp³-hybridized carbons (Fsp3) is 0.364. The van der Waals surface area contributed by atoms with Gasteiger partial charge in [0.1, 0.15) is 0 Å². The highest BCUT2D eigenvalue weighted by Crippen LogP contribution is 2.07. The third kappa shape index (κ3) is 21.6. The molecule has 4 aromatic rings. The number of rotatable bonds is 13. The van der Waals surface area contributed by atoms with Crippen LogP contribution in [0, 0.1) is 24.7 Å². The van der Waals surface area contributed by atoms with Gasteiger partial charge in [-0.25, -0.2) is 0 Å². The molecule has 0 aliphatic heterocycles. The SMILES string of the molecule is C#CCN(C)C(C)Cc1ccccc1.C#CCNC(C)Cc1ccccc1.CC(N)Cc1ccccc1.CNC(C)Cc1ccccc1. The minimum absolute atomic E-state index is 0.266. The molecule has 0 radical (unpaired) electrons. The van der Waals surface area contributed by atoms with Gasteiger partial charge in [-0.15, -0.1) is 12.8 Å². The molecule has 0 bridgehead atoms. The molecule has 4 aromatic carbocycles. The molecule has 0 heterocycles. The Kier molecular flexibility index (Phi) is 23.4. The van der Waals surface area contributed by atoms with Gasteiger partial charge in [0.25, 0.3) is 0 Å². The zero-order valence-electron chi connectivity index (χ0n) is 30.3. The topological polar surface area (TPSA) is 53.3 Å². The van der Waals surface area contributed by atoms with E-state index in [1.807, 2.05) is 50.4 Å². The van der Waals surface area contributed by atoms with Crippen molar-refractivity contribution in [1.82, 2.24) is 15.5 Å². The zero-order valence-corrected chi connectivity index (χ0v) is 30.3. The standard InChI is InChI=1S/C13H17N.C12H15N.C10H15N.C9H13N/c1-4-10-14(3)12(2)11-13-8-6-5-7-9-13;1-3-9-13-11(2)10-12-7-5-4-6-8-12;1-9(11-2)8-10-6-4-3-5-7-10;1-8(10)7-9-5-3-2-4-6-9/h1,5-9,12H,10-11H2,2-3H3;1,4-8,11,13H,9-10H2,2H3;3-7,9,11H,8H2,1-2H3;2-6,8H,7,10H2,1H3. The molecule has 0 saturated heterocycles. The molecule has 0 aliphatic carbocycles. The molecule has 0 spiro atoms. The maximum atomic E-state index is 5.62. The third-order valence-corrected chi connectivity index (χ3v) is 7.68. The van der Waals surface area contributed by atoms with E-state index in [0.29, 0.717) is 31.2 Å². The van der Waals surface area contributed by atoms with Gasteiger partial charge >= 0.3 is 0 Å². The van der Waals surface area contributed by atoms with Crippen LogP contribution in [0.15, 0.2) is 121 Å². The monoisotopic (exact) mass is 644 g/mol. The van der Waals surface area contributed by atoms with Gasteiger partial charge in [-0.2, -0.15) is 0 Å². The lowest BCUT2D eigenvalue weighted by Gasteiger charge is -2.22. The van der Waals surface area contributed by atoms with Gasteiger partial charge in [-0.1, -0.05) is 133 Å². The molecule has 4 atom stereocenters. The van der Waals surface area contributed by atoms with E-state index in [-0.39, 0.29) is 6.04 Å². The summed E-state index contributed by atoms with van der Waals surface area (Å²) in [5, 5.41) is 6.46. The molecule has 4 heteroatoms. The van der Waals surface area contributed by atoms with Gasteiger partial charge in [0.2, 0.25) is 0 Å². The number of terminal acetylenes is 2. The minimum Gasteiger partial charge on any atom is -0.328 e. The van der Waals surface area contributed by atoms with Gasteiger partial charge in [-0.3, -0.25) is 4.90 Å². The fourth-order valence-corrected chi connectivity index (χ4v) is 4.74. The molecule has 256 valence electrons. The van der Waals surface area contributed by atoms with E-state index in [0.717, 1.165) is 25.7 Å². The Hall–Kier alpha value is -4.16. The molecule has 0 fully saturated rings. The molecular formula is C44H60N4. The van der Waals surface area contributed by atoms with Gasteiger partial charge in [0, 0.05) is 24.2 Å². The van der Waals surface area contributed by atoms with E-state index in [9.17, 15) is 0 Å². The maximum Gasteiger partial charge on any atom is 0.0598 e. The van der Waals surface area contributed by atoms with Crippen LogP contribution in [0.4, 0.5) is 0 Å². The van der Waals surface area contributed by atoms with Crippen molar-refractivity contribution in [3.8, 4) is 24.7 Å². The van der Waals surface area contributed by atoms with E-state index in [2.05, 4.69) is 140 Å². The Bertz CT molecular complexity index is 1380. The highest BCUT2D eigenvalue weighted by atomic mass is 15.1. The first kappa shape index (κ1) is 41.9. The molecule has 4 nitrogen and oxygen atoms in total. The summed E-state index contributed by atoms with van der Waals surface area (Å²) in [6.45, 7) is 9.91. The van der Waals surface area contributed by atoms with E-state index >= 15 is 0 Å². The van der Waals surface area contributed by atoms with Crippen molar-refractivity contribution in [1.29, 1.82) is 0 Å². The van der Waals surface area contributed by atoms with Crippen molar-refractivity contribution in [2.75, 3.05) is 27.2 Å². The fourth-order valence-electron chi connectivity index (χ4n) is 4.74. The minimum atomic E-state index is 0.266. The Labute approximate surface area is 293 Å². The van der Waals surface area contributed by atoms with E-state index < -0.39 is 0 Å². The number of hydrogen-bond acceptors (Lipinski definition) is 4. The van der Waals surface area contributed by atoms with Crippen LogP contribution >= 0.6 is 0 Å². The number of likely N-dealkylation sites (N-methyl/N-ethyl adjacent to an activating group) is 2. The first-order chi connectivity index (χ1) is 23.2. The van der Waals surface area contributed by atoms with Crippen molar-refractivity contribution in [2.45, 2.75) is 77.5 Å². The number of nitrogens with one attached hydrogen (secondary N) is 2. The van der Waals surface area contributed by atoms with Crippen LogP contribution < -0.4 is 16.4 Å². The van der Waals surface area contributed by atoms with E-state index in [4.69, 9.17) is 18.6 Å². The van der Waals surface area contributed by atoms with Crippen LogP contribution in [0.1, 0.15) is 49.9 Å².